The van der Waals surface area contributed by atoms with Gasteiger partial charge in [0.2, 0.25) is 0 Å². The van der Waals surface area contributed by atoms with Gasteiger partial charge in [-0.1, -0.05) is 26.0 Å². The van der Waals surface area contributed by atoms with Gasteiger partial charge in [-0.3, -0.25) is 14.6 Å². The van der Waals surface area contributed by atoms with E-state index in [2.05, 4.69) is 44.4 Å². The molecule has 3 aromatic heterocycles. The van der Waals surface area contributed by atoms with Gasteiger partial charge in [-0.2, -0.15) is 10.2 Å². The minimum Gasteiger partial charge on any atom is -0.341 e. The number of H-pyrrole nitrogens is 2. The maximum absolute atomic E-state index is 12.9. The number of carbonyl (C=O) groups excluding carboxylic acids is 1. The van der Waals surface area contributed by atoms with Gasteiger partial charge in [0, 0.05) is 18.3 Å². The maximum atomic E-state index is 12.9. The zero-order valence-corrected chi connectivity index (χ0v) is 17.2. The molecule has 0 fully saturated rings. The summed E-state index contributed by atoms with van der Waals surface area (Å²) in [6, 6.07) is 9.36. The maximum Gasteiger partial charge on any atom is 0.269 e. The van der Waals surface area contributed by atoms with E-state index in [9.17, 15) is 4.79 Å². The number of rotatable bonds is 5. The number of hydrogen-bond donors (Lipinski definition) is 3. The van der Waals surface area contributed by atoms with Crippen molar-refractivity contribution in [3.63, 3.8) is 0 Å². The zero-order valence-electron chi connectivity index (χ0n) is 17.2. The van der Waals surface area contributed by atoms with Crippen molar-refractivity contribution in [3.8, 4) is 11.3 Å². The molecule has 150 valence electrons. The van der Waals surface area contributed by atoms with E-state index >= 15 is 0 Å². The van der Waals surface area contributed by atoms with Crippen LogP contribution in [0.25, 0.3) is 22.3 Å². The highest BCUT2D eigenvalue weighted by Gasteiger charge is 2.24. The lowest BCUT2D eigenvalue weighted by Crippen LogP contribution is -2.32. The number of benzene rings is 1. The van der Waals surface area contributed by atoms with E-state index in [0.717, 1.165) is 33.8 Å². The Bertz CT molecular complexity index is 1150. The van der Waals surface area contributed by atoms with Gasteiger partial charge in [0.25, 0.3) is 5.91 Å². The quantitative estimate of drug-likeness (QED) is 0.485. The summed E-state index contributed by atoms with van der Waals surface area (Å²) in [7, 11) is 1.90. The van der Waals surface area contributed by atoms with E-state index in [1.54, 1.807) is 6.07 Å². The van der Waals surface area contributed by atoms with Crippen molar-refractivity contribution in [1.82, 2.24) is 35.3 Å². The molecule has 8 heteroatoms. The van der Waals surface area contributed by atoms with E-state index in [0.29, 0.717) is 11.4 Å². The fraction of sp³-hybridized carbons (Fsp3) is 0.333. The number of para-hydroxylation sites is 2. The number of aromatic nitrogens is 6. The van der Waals surface area contributed by atoms with Gasteiger partial charge >= 0.3 is 0 Å². The molecule has 0 bridgehead atoms. The lowest BCUT2D eigenvalue weighted by Gasteiger charge is -2.19. The largest absolute Gasteiger partial charge is 0.341 e. The van der Waals surface area contributed by atoms with Crippen LogP contribution in [0, 0.1) is 19.8 Å². The molecule has 0 radical (unpaired) electrons. The van der Waals surface area contributed by atoms with Crippen LogP contribution in [0.3, 0.4) is 0 Å². The molecule has 4 aromatic rings. The molecule has 0 aliphatic rings. The topological polar surface area (TPSA) is 104 Å². The summed E-state index contributed by atoms with van der Waals surface area (Å²) in [6.07, 6.45) is 0. The SMILES string of the molecule is Cc1nn(C)c(C)c1-c1cc(C(=O)N[C@@H](c2nc3ccccc3[nH]2)C(C)C)[nH]n1. The third kappa shape index (κ3) is 3.41. The van der Waals surface area contributed by atoms with Crippen molar-refractivity contribution in [2.45, 2.75) is 33.7 Å². The van der Waals surface area contributed by atoms with Crippen molar-refractivity contribution >= 4 is 16.9 Å². The van der Waals surface area contributed by atoms with E-state index in [4.69, 9.17) is 0 Å². The van der Waals surface area contributed by atoms with E-state index in [1.165, 1.54) is 0 Å². The summed E-state index contributed by atoms with van der Waals surface area (Å²) in [5, 5.41) is 14.7. The van der Waals surface area contributed by atoms with Gasteiger partial charge in [0.15, 0.2) is 0 Å². The average Bonchev–Trinajstić information content (AvgIpc) is 3.37. The summed E-state index contributed by atoms with van der Waals surface area (Å²) in [4.78, 5) is 20.9. The highest BCUT2D eigenvalue weighted by molar-refractivity contribution is 5.93. The van der Waals surface area contributed by atoms with Crippen LogP contribution in [0.15, 0.2) is 30.3 Å². The Morgan fingerprint density at radius 1 is 1.21 bits per heavy atom. The third-order valence-corrected chi connectivity index (χ3v) is 5.24. The van der Waals surface area contributed by atoms with Crippen LogP contribution in [0.1, 0.15) is 47.6 Å². The molecule has 1 amide bonds. The molecule has 8 nitrogen and oxygen atoms in total. The highest BCUT2D eigenvalue weighted by Crippen LogP contribution is 2.26. The average molecular weight is 391 g/mol. The Morgan fingerprint density at radius 2 is 1.97 bits per heavy atom. The van der Waals surface area contributed by atoms with Crippen LogP contribution >= 0.6 is 0 Å². The molecule has 0 aliphatic carbocycles. The number of imidazole rings is 1. The standard InChI is InChI=1S/C21H25N7O/c1-11(2)19(20-22-14-8-6-7-9-15(14)23-20)24-21(29)17-10-16(25-26-17)18-12(3)27-28(5)13(18)4/h6-11,19H,1-5H3,(H,22,23)(H,24,29)(H,25,26)/t19-/m1/s1. The van der Waals surface area contributed by atoms with E-state index in [-0.39, 0.29) is 17.9 Å². The number of hydrogen-bond acceptors (Lipinski definition) is 4. The van der Waals surface area contributed by atoms with Crippen LogP contribution in [-0.4, -0.2) is 35.9 Å². The smallest absolute Gasteiger partial charge is 0.269 e. The van der Waals surface area contributed by atoms with E-state index < -0.39 is 0 Å². The molecular formula is C21H25N7O. The van der Waals surface area contributed by atoms with Gasteiger partial charge in [0.05, 0.1) is 28.5 Å². The minimum absolute atomic E-state index is 0.157. The van der Waals surface area contributed by atoms with Gasteiger partial charge < -0.3 is 10.3 Å². The zero-order chi connectivity index (χ0) is 20.7. The second kappa shape index (κ2) is 7.20. The van der Waals surface area contributed by atoms with Gasteiger partial charge in [-0.15, -0.1) is 0 Å². The van der Waals surface area contributed by atoms with Crippen molar-refractivity contribution in [2.75, 3.05) is 0 Å². The molecule has 29 heavy (non-hydrogen) atoms. The Kier molecular flexibility index (Phi) is 4.70. The Labute approximate surface area is 168 Å². The molecule has 0 saturated carbocycles. The third-order valence-electron chi connectivity index (χ3n) is 5.24. The second-order valence-corrected chi connectivity index (χ2v) is 7.67. The van der Waals surface area contributed by atoms with Gasteiger partial charge in [-0.25, -0.2) is 4.98 Å². The molecule has 4 rings (SSSR count). The summed E-state index contributed by atoms with van der Waals surface area (Å²) in [5.41, 5.74) is 5.78. The highest BCUT2D eigenvalue weighted by atomic mass is 16.2. The first-order valence-electron chi connectivity index (χ1n) is 9.66. The molecule has 0 saturated heterocycles. The first kappa shape index (κ1) is 18.9. The van der Waals surface area contributed by atoms with Crippen LogP contribution in [0.2, 0.25) is 0 Å². The van der Waals surface area contributed by atoms with Crippen LogP contribution in [-0.2, 0) is 7.05 Å². The Balaban J connectivity index is 1.60. The minimum atomic E-state index is -0.247. The lowest BCUT2D eigenvalue weighted by atomic mass is 10.0. The summed E-state index contributed by atoms with van der Waals surface area (Å²) in [6.45, 7) is 8.03. The monoisotopic (exact) mass is 391 g/mol. The molecule has 3 heterocycles. The number of nitrogens with one attached hydrogen (secondary N) is 3. The molecule has 0 unspecified atom stereocenters. The summed E-state index contributed by atoms with van der Waals surface area (Å²) < 4.78 is 1.81. The van der Waals surface area contributed by atoms with Crippen LogP contribution < -0.4 is 5.32 Å². The van der Waals surface area contributed by atoms with Gasteiger partial charge in [-0.05, 0) is 38.0 Å². The molecule has 3 N–H and O–H groups in total. The Hall–Kier alpha value is -3.42. The second-order valence-electron chi connectivity index (χ2n) is 7.67. The van der Waals surface area contributed by atoms with Crippen molar-refractivity contribution < 1.29 is 4.79 Å². The predicted molar refractivity (Wildman–Crippen MR) is 111 cm³/mol. The van der Waals surface area contributed by atoms with Crippen molar-refractivity contribution in [2.24, 2.45) is 13.0 Å². The number of aryl methyl sites for hydroxylation is 2. The number of aromatic amines is 2. The fourth-order valence-electron chi connectivity index (χ4n) is 3.60. The number of amides is 1. The predicted octanol–water partition coefficient (Wildman–Crippen LogP) is 3.43. The number of nitrogens with zero attached hydrogens (tertiary/aromatic N) is 4. The van der Waals surface area contributed by atoms with Crippen molar-refractivity contribution in [1.29, 1.82) is 0 Å². The normalized spacial score (nSPS) is 12.6. The van der Waals surface area contributed by atoms with Gasteiger partial charge in [0.1, 0.15) is 11.5 Å². The van der Waals surface area contributed by atoms with Crippen molar-refractivity contribution in [3.05, 3.63) is 53.2 Å². The fourth-order valence-corrected chi connectivity index (χ4v) is 3.60. The number of fused-ring (bicyclic) bond motifs is 1. The van der Waals surface area contributed by atoms with Crippen LogP contribution in [0.4, 0.5) is 0 Å². The first-order valence-corrected chi connectivity index (χ1v) is 9.66. The Morgan fingerprint density at radius 3 is 2.62 bits per heavy atom. The molecule has 0 aliphatic heterocycles. The summed E-state index contributed by atoms with van der Waals surface area (Å²) >= 11 is 0. The molecule has 1 atom stereocenters. The van der Waals surface area contributed by atoms with Crippen LogP contribution in [0.5, 0.6) is 0 Å². The van der Waals surface area contributed by atoms with E-state index in [1.807, 2.05) is 49.8 Å². The molecular weight excluding hydrogens is 366 g/mol. The summed E-state index contributed by atoms with van der Waals surface area (Å²) in [5.74, 6) is 0.681. The lowest BCUT2D eigenvalue weighted by molar-refractivity contribution is 0.0918. The number of carbonyl (C=O) groups is 1. The first-order chi connectivity index (χ1) is 13.8. The molecule has 1 aromatic carbocycles. The molecule has 0 spiro atoms.